The molecule has 0 radical (unpaired) electrons. The Morgan fingerprint density at radius 2 is 1.44 bits per heavy atom. The maximum absolute atomic E-state index is 12.1. The van der Waals surface area contributed by atoms with Crippen molar-refractivity contribution in [2.75, 3.05) is 14.2 Å². The first-order valence-corrected chi connectivity index (χ1v) is 8.86. The number of ether oxygens (including phenoxy) is 2. The van der Waals surface area contributed by atoms with Crippen molar-refractivity contribution in [2.24, 2.45) is 0 Å². The monoisotopic (exact) mass is 350 g/mol. The lowest BCUT2D eigenvalue weighted by Crippen LogP contribution is -2.41. The Labute approximate surface area is 150 Å². The summed E-state index contributed by atoms with van der Waals surface area (Å²) in [5, 5.41) is 5.79. The van der Waals surface area contributed by atoms with Gasteiger partial charge in [-0.25, -0.2) is 0 Å². The number of methoxy groups -OCH3 is 2. The van der Waals surface area contributed by atoms with Crippen molar-refractivity contribution in [1.29, 1.82) is 0 Å². The molecule has 0 fully saturated rings. The lowest BCUT2D eigenvalue weighted by atomic mass is 10.1. The van der Waals surface area contributed by atoms with E-state index in [-0.39, 0.29) is 11.8 Å². The highest BCUT2D eigenvalue weighted by molar-refractivity contribution is 5.79. The Bertz CT molecular complexity index is 538. The third kappa shape index (κ3) is 7.03. The second-order valence-electron chi connectivity index (χ2n) is 5.89. The maximum atomic E-state index is 12.1. The van der Waals surface area contributed by atoms with Crippen LogP contribution >= 0.6 is 0 Å². The Kier molecular flexibility index (Phi) is 9.43. The number of amides is 2. The molecule has 0 bridgehead atoms. The summed E-state index contributed by atoms with van der Waals surface area (Å²) >= 11 is 0. The average Bonchev–Trinajstić information content (AvgIpc) is 2.63. The molecular formula is C19H30N2O4. The zero-order valence-corrected chi connectivity index (χ0v) is 15.7. The van der Waals surface area contributed by atoms with E-state index in [0.717, 1.165) is 31.2 Å². The molecule has 25 heavy (non-hydrogen) atoms. The summed E-state index contributed by atoms with van der Waals surface area (Å²) in [6.45, 7) is 4.07. The molecule has 6 heteroatoms. The number of benzene rings is 1. The lowest BCUT2D eigenvalue weighted by Gasteiger charge is -2.22. The van der Waals surface area contributed by atoms with Crippen LogP contribution in [0.1, 0.15) is 64.1 Å². The van der Waals surface area contributed by atoms with Gasteiger partial charge in [-0.3, -0.25) is 9.59 Å². The summed E-state index contributed by atoms with van der Waals surface area (Å²) in [5.41, 5.74) is 0.743. The van der Waals surface area contributed by atoms with Crippen LogP contribution in [0.2, 0.25) is 0 Å². The molecule has 0 unspecified atom stereocenters. The number of rotatable bonds is 11. The first-order valence-electron chi connectivity index (χ1n) is 8.86. The van der Waals surface area contributed by atoms with Gasteiger partial charge in [0.2, 0.25) is 11.8 Å². The van der Waals surface area contributed by atoms with E-state index in [2.05, 4.69) is 10.6 Å². The zero-order chi connectivity index (χ0) is 18.7. The normalized spacial score (nSPS) is 10.4. The summed E-state index contributed by atoms with van der Waals surface area (Å²) in [6.07, 6.45) is 3.79. The van der Waals surface area contributed by atoms with E-state index >= 15 is 0 Å². The van der Waals surface area contributed by atoms with Gasteiger partial charge in [0.15, 0.2) is 11.5 Å². The molecule has 0 atom stereocenters. The van der Waals surface area contributed by atoms with Crippen LogP contribution in [0.4, 0.5) is 0 Å². The smallest absolute Gasteiger partial charge is 0.221 e. The molecule has 0 aromatic heterocycles. The molecule has 0 saturated heterocycles. The van der Waals surface area contributed by atoms with Crippen molar-refractivity contribution >= 4 is 11.8 Å². The topological polar surface area (TPSA) is 76.7 Å². The number of carbonyl (C=O) groups is 2. The van der Waals surface area contributed by atoms with E-state index in [9.17, 15) is 9.59 Å². The van der Waals surface area contributed by atoms with Crippen molar-refractivity contribution in [1.82, 2.24) is 10.6 Å². The van der Waals surface area contributed by atoms with E-state index in [1.54, 1.807) is 26.4 Å². The second-order valence-corrected chi connectivity index (χ2v) is 5.89. The minimum absolute atomic E-state index is 0.0857. The van der Waals surface area contributed by atoms with Crippen molar-refractivity contribution in [3.63, 3.8) is 0 Å². The van der Waals surface area contributed by atoms with Crippen LogP contribution in [0.3, 0.4) is 0 Å². The summed E-state index contributed by atoms with van der Waals surface area (Å²) in [4.78, 5) is 24.3. The van der Waals surface area contributed by atoms with Crippen LogP contribution in [-0.2, 0) is 9.59 Å². The Morgan fingerprint density at radius 3 is 1.88 bits per heavy atom. The molecule has 0 heterocycles. The van der Waals surface area contributed by atoms with Crippen LogP contribution < -0.4 is 20.1 Å². The zero-order valence-electron chi connectivity index (χ0n) is 15.7. The van der Waals surface area contributed by atoms with Gasteiger partial charge < -0.3 is 20.1 Å². The highest BCUT2D eigenvalue weighted by Gasteiger charge is 2.18. The van der Waals surface area contributed by atoms with Crippen LogP contribution in [0.5, 0.6) is 11.5 Å². The Morgan fingerprint density at radius 1 is 0.920 bits per heavy atom. The molecule has 1 rings (SSSR count). The van der Waals surface area contributed by atoms with E-state index in [4.69, 9.17) is 9.47 Å². The van der Waals surface area contributed by atoms with Gasteiger partial charge in [0.1, 0.15) is 6.17 Å². The first-order chi connectivity index (χ1) is 12.0. The predicted octanol–water partition coefficient (Wildman–Crippen LogP) is 3.32. The third-order valence-electron chi connectivity index (χ3n) is 3.87. The molecule has 1 aromatic carbocycles. The molecule has 0 aliphatic heterocycles. The van der Waals surface area contributed by atoms with E-state index in [1.165, 1.54) is 0 Å². The SMILES string of the molecule is CCCCC(=O)NC(NC(=O)CCCC)c1ccc(OC)c(OC)c1. The second kappa shape index (κ2) is 11.3. The highest BCUT2D eigenvalue weighted by atomic mass is 16.5. The molecule has 0 aliphatic carbocycles. The van der Waals surface area contributed by atoms with E-state index in [1.807, 2.05) is 19.9 Å². The summed E-state index contributed by atoms with van der Waals surface area (Å²) in [6, 6.07) is 5.34. The fourth-order valence-corrected chi connectivity index (χ4v) is 2.38. The highest BCUT2D eigenvalue weighted by Crippen LogP contribution is 2.29. The van der Waals surface area contributed by atoms with Crippen molar-refractivity contribution in [3.8, 4) is 11.5 Å². The molecule has 2 amide bonds. The molecule has 0 spiro atoms. The number of hydrogen-bond donors (Lipinski definition) is 2. The van der Waals surface area contributed by atoms with Gasteiger partial charge >= 0.3 is 0 Å². The largest absolute Gasteiger partial charge is 0.493 e. The number of hydrogen-bond acceptors (Lipinski definition) is 4. The molecule has 0 saturated carbocycles. The van der Waals surface area contributed by atoms with Crippen molar-refractivity contribution < 1.29 is 19.1 Å². The number of carbonyl (C=O) groups excluding carboxylic acids is 2. The van der Waals surface area contributed by atoms with E-state index in [0.29, 0.717) is 24.3 Å². The van der Waals surface area contributed by atoms with Gasteiger partial charge in [-0.1, -0.05) is 32.8 Å². The third-order valence-corrected chi connectivity index (χ3v) is 3.87. The van der Waals surface area contributed by atoms with Gasteiger partial charge in [-0.15, -0.1) is 0 Å². The standard InChI is InChI=1S/C19H30N2O4/c1-5-7-9-17(22)20-19(21-18(23)10-8-6-2)14-11-12-15(24-3)16(13-14)25-4/h11-13,19H,5-10H2,1-4H3,(H,20,22)(H,21,23). The number of unbranched alkanes of at least 4 members (excludes halogenated alkanes) is 2. The van der Waals surface area contributed by atoms with Crippen LogP contribution in [0, 0.1) is 0 Å². The van der Waals surface area contributed by atoms with Crippen LogP contribution in [-0.4, -0.2) is 26.0 Å². The van der Waals surface area contributed by atoms with Crippen LogP contribution in [0.25, 0.3) is 0 Å². The van der Waals surface area contributed by atoms with Gasteiger partial charge in [0.25, 0.3) is 0 Å². The Balaban J connectivity index is 2.95. The molecule has 2 N–H and O–H groups in total. The first kappa shape index (κ1) is 20.8. The fraction of sp³-hybridized carbons (Fsp3) is 0.579. The van der Waals surface area contributed by atoms with Crippen molar-refractivity contribution in [2.45, 2.75) is 58.5 Å². The summed E-state index contributed by atoms with van der Waals surface area (Å²) < 4.78 is 10.6. The van der Waals surface area contributed by atoms with Crippen LogP contribution in [0.15, 0.2) is 18.2 Å². The molecule has 1 aromatic rings. The molecule has 140 valence electrons. The Hall–Kier alpha value is -2.24. The molecular weight excluding hydrogens is 320 g/mol. The minimum Gasteiger partial charge on any atom is -0.493 e. The molecule has 6 nitrogen and oxygen atoms in total. The maximum Gasteiger partial charge on any atom is 0.221 e. The summed E-state index contributed by atoms with van der Waals surface area (Å²) in [5.74, 6) is 0.977. The fourth-order valence-electron chi connectivity index (χ4n) is 2.38. The van der Waals surface area contributed by atoms with Crippen molar-refractivity contribution in [3.05, 3.63) is 23.8 Å². The molecule has 0 aliphatic rings. The summed E-state index contributed by atoms with van der Waals surface area (Å²) in [7, 11) is 3.12. The predicted molar refractivity (Wildman–Crippen MR) is 97.6 cm³/mol. The van der Waals surface area contributed by atoms with Gasteiger partial charge in [0.05, 0.1) is 14.2 Å². The van der Waals surface area contributed by atoms with Gasteiger partial charge in [-0.2, -0.15) is 0 Å². The van der Waals surface area contributed by atoms with E-state index < -0.39 is 6.17 Å². The number of nitrogens with one attached hydrogen (secondary N) is 2. The van der Waals surface area contributed by atoms with Gasteiger partial charge in [-0.05, 0) is 30.5 Å². The lowest BCUT2D eigenvalue weighted by molar-refractivity contribution is -0.124. The van der Waals surface area contributed by atoms with Gasteiger partial charge in [0, 0.05) is 12.8 Å². The quantitative estimate of drug-likeness (QED) is 0.600. The average molecular weight is 350 g/mol. The minimum atomic E-state index is -0.589.